The van der Waals surface area contributed by atoms with Gasteiger partial charge in [-0.2, -0.15) is 0 Å². The van der Waals surface area contributed by atoms with E-state index in [0.717, 1.165) is 0 Å². The van der Waals surface area contributed by atoms with Crippen LogP contribution in [0.15, 0.2) is 12.1 Å². The van der Waals surface area contributed by atoms with Crippen molar-refractivity contribution in [2.45, 2.75) is 45.5 Å². The molecule has 1 rings (SSSR count). The van der Waals surface area contributed by atoms with E-state index in [0.29, 0.717) is 5.82 Å². The van der Waals surface area contributed by atoms with E-state index in [2.05, 4.69) is 4.98 Å². The molecule has 0 bridgehead atoms. The summed E-state index contributed by atoms with van der Waals surface area (Å²) in [6.45, 7) is 9.04. The van der Waals surface area contributed by atoms with Gasteiger partial charge in [-0.25, -0.2) is 14.0 Å². The minimum absolute atomic E-state index is 0.0687. The zero-order valence-corrected chi connectivity index (χ0v) is 14.7. The number of rotatable bonds is 4. The molecule has 0 saturated heterocycles. The van der Waals surface area contributed by atoms with Crippen LogP contribution in [0.5, 0.6) is 0 Å². The maximum absolute atomic E-state index is 12.1. The van der Waals surface area contributed by atoms with Gasteiger partial charge in [-0.15, -0.1) is 0 Å². The number of carbonyl (C=O) groups excluding carboxylic acids is 1. The molecule has 0 N–H and O–H groups in total. The van der Waals surface area contributed by atoms with Gasteiger partial charge in [0.25, 0.3) is 0 Å². The molecule has 0 radical (unpaired) electrons. The fourth-order valence-electron chi connectivity index (χ4n) is 1.51. The first kappa shape index (κ1) is 17.9. The Kier molecular flexibility index (Phi) is 5.75. The molecule has 0 aliphatic carbocycles. The Hall–Kier alpha value is -1.14. The Morgan fingerprint density at radius 1 is 1.38 bits per heavy atom. The van der Waals surface area contributed by atoms with Crippen molar-refractivity contribution in [3.05, 3.63) is 22.8 Å². The van der Waals surface area contributed by atoms with Crippen LogP contribution in [-0.4, -0.2) is 33.1 Å². The molecule has 0 amide bonds. The summed E-state index contributed by atoms with van der Waals surface area (Å²) in [6.07, 6.45) is 0. The summed E-state index contributed by atoms with van der Waals surface area (Å²) in [5.74, 6) is -0.118. The summed E-state index contributed by atoms with van der Waals surface area (Å²) in [6, 6.07) is 2.96. The number of esters is 1. The maximum atomic E-state index is 12.1. The van der Waals surface area contributed by atoms with Gasteiger partial charge in [-0.1, -0.05) is 11.6 Å². The van der Waals surface area contributed by atoms with Gasteiger partial charge in [0.1, 0.15) is 27.6 Å². The third kappa shape index (κ3) is 5.28. The van der Waals surface area contributed by atoms with E-state index in [9.17, 15) is 9.00 Å². The van der Waals surface area contributed by atoms with Gasteiger partial charge in [-0.3, -0.25) is 4.31 Å². The zero-order valence-electron chi connectivity index (χ0n) is 13.1. The zero-order chi connectivity index (χ0) is 16.4. The highest BCUT2D eigenvalue weighted by Crippen LogP contribution is 2.21. The molecule has 7 heteroatoms. The Bertz CT molecular complexity index is 556. The molecule has 1 heterocycles. The van der Waals surface area contributed by atoms with Crippen molar-refractivity contribution in [2.75, 3.05) is 11.4 Å². The predicted octanol–water partition coefficient (Wildman–Crippen LogP) is 3.20. The number of carbonyl (C=O) groups is 1. The van der Waals surface area contributed by atoms with E-state index >= 15 is 0 Å². The quantitative estimate of drug-likeness (QED) is 0.627. The Balaban J connectivity index is 3.11. The third-order valence-electron chi connectivity index (χ3n) is 2.41. The first-order valence-electron chi connectivity index (χ1n) is 6.56. The van der Waals surface area contributed by atoms with Crippen LogP contribution in [0.3, 0.4) is 0 Å². The van der Waals surface area contributed by atoms with E-state index in [4.69, 9.17) is 16.3 Å². The van der Waals surface area contributed by atoms with E-state index < -0.39 is 22.6 Å². The van der Waals surface area contributed by atoms with Crippen molar-refractivity contribution < 1.29 is 13.7 Å². The fraction of sp³-hybridized carbons (Fsp3) is 0.571. The second-order valence-corrected chi connectivity index (χ2v) is 8.29. The van der Waals surface area contributed by atoms with Crippen LogP contribution in [0.4, 0.5) is 5.82 Å². The summed E-state index contributed by atoms with van der Waals surface area (Å²) < 4.78 is 18.9. The molecule has 5 nitrogen and oxygen atoms in total. The monoisotopic (exact) mass is 332 g/mol. The summed E-state index contributed by atoms with van der Waals surface area (Å²) in [5, 5.41) is 0.0849. The van der Waals surface area contributed by atoms with Crippen molar-refractivity contribution in [1.82, 2.24) is 4.98 Å². The SMILES string of the molecule is CC(C)S(=O)N(C)c1cc(C(=O)OC(C)(C)C)cc(Cl)n1. The molecule has 0 aliphatic heterocycles. The molecule has 1 aromatic rings. The smallest absolute Gasteiger partial charge is 0.338 e. The number of anilines is 1. The first-order chi connectivity index (χ1) is 9.51. The van der Waals surface area contributed by atoms with Crippen molar-refractivity contribution in [3.8, 4) is 0 Å². The van der Waals surface area contributed by atoms with Crippen LogP contribution >= 0.6 is 11.6 Å². The van der Waals surface area contributed by atoms with E-state index in [1.165, 1.54) is 16.4 Å². The third-order valence-corrected chi connectivity index (χ3v) is 4.14. The molecular formula is C14H21ClN2O3S. The van der Waals surface area contributed by atoms with Gasteiger partial charge in [0, 0.05) is 12.3 Å². The number of pyridine rings is 1. The van der Waals surface area contributed by atoms with Crippen LogP contribution in [0.2, 0.25) is 5.15 Å². The Morgan fingerprint density at radius 2 is 1.95 bits per heavy atom. The molecule has 1 unspecified atom stereocenters. The van der Waals surface area contributed by atoms with Crippen molar-refractivity contribution >= 4 is 34.4 Å². The molecule has 0 spiro atoms. The van der Waals surface area contributed by atoms with Crippen LogP contribution in [-0.2, 0) is 15.7 Å². The minimum atomic E-state index is -1.26. The highest BCUT2D eigenvalue weighted by molar-refractivity contribution is 7.87. The number of halogens is 1. The molecule has 0 aromatic carbocycles. The number of ether oxygens (including phenoxy) is 1. The summed E-state index contributed by atoms with van der Waals surface area (Å²) in [7, 11) is 0.390. The van der Waals surface area contributed by atoms with Crippen LogP contribution in [0.25, 0.3) is 0 Å². The van der Waals surface area contributed by atoms with E-state index in [-0.39, 0.29) is 16.0 Å². The summed E-state index contributed by atoms with van der Waals surface area (Å²) in [5.41, 5.74) is -0.313. The van der Waals surface area contributed by atoms with Crippen LogP contribution < -0.4 is 4.31 Å². The van der Waals surface area contributed by atoms with Gasteiger partial charge in [-0.05, 0) is 46.8 Å². The second-order valence-electron chi connectivity index (χ2n) is 5.86. The molecule has 0 aliphatic rings. The molecule has 1 aromatic heterocycles. The van der Waals surface area contributed by atoms with E-state index in [1.54, 1.807) is 27.8 Å². The normalized spacial score (nSPS) is 13.1. The molecular weight excluding hydrogens is 312 g/mol. The molecule has 21 heavy (non-hydrogen) atoms. The topological polar surface area (TPSA) is 59.5 Å². The van der Waals surface area contributed by atoms with Gasteiger partial charge < -0.3 is 4.74 Å². The van der Waals surface area contributed by atoms with Gasteiger partial charge in [0.2, 0.25) is 0 Å². The number of hydrogen-bond acceptors (Lipinski definition) is 4. The van der Waals surface area contributed by atoms with Crippen LogP contribution in [0.1, 0.15) is 45.0 Å². The van der Waals surface area contributed by atoms with Crippen molar-refractivity contribution in [3.63, 3.8) is 0 Å². The lowest BCUT2D eigenvalue weighted by molar-refractivity contribution is 0.00694. The van der Waals surface area contributed by atoms with Crippen molar-refractivity contribution in [2.24, 2.45) is 0 Å². The molecule has 1 atom stereocenters. The average molecular weight is 333 g/mol. The van der Waals surface area contributed by atoms with Gasteiger partial charge >= 0.3 is 5.97 Å². The Morgan fingerprint density at radius 3 is 2.43 bits per heavy atom. The molecule has 118 valence electrons. The highest BCUT2D eigenvalue weighted by atomic mass is 35.5. The number of aromatic nitrogens is 1. The maximum Gasteiger partial charge on any atom is 0.338 e. The lowest BCUT2D eigenvalue weighted by Gasteiger charge is -2.22. The van der Waals surface area contributed by atoms with Crippen molar-refractivity contribution in [1.29, 1.82) is 0 Å². The lowest BCUT2D eigenvalue weighted by atomic mass is 10.2. The highest BCUT2D eigenvalue weighted by Gasteiger charge is 2.21. The summed E-state index contributed by atoms with van der Waals surface area (Å²) >= 11 is 5.95. The molecule has 0 saturated carbocycles. The Labute approximate surface area is 133 Å². The number of nitrogens with zero attached hydrogens (tertiary/aromatic N) is 2. The second kappa shape index (κ2) is 6.75. The van der Waals surface area contributed by atoms with Crippen LogP contribution in [0, 0.1) is 0 Å². The van der Waals surface area contributed by atoms with Gasteiger partial charge in [0.05, 0.1) is 5.56 Å². The first-order valence-corrected chi connectivity index (χ1v) is 8.11. The summed E-state index contributed by atoms with van der Waals surface area (Å²) in [4.78, 5) is 16.2. The minimum Gasteiger partial charge on any atom is -0.456 e. The predicted molar refractivity (Wildman–Crippen MR) is 86.1 cm³/mol. The fourth-order valence-corrected chi connectivity index (χ4v) is 2.62. The standard InChI is InChI=1S/C14H21ClN2O3S/c1-9(2)21(19)17(6)12-8-10(7-11(15)16-12)13(18)20-14(3,4)5/h7-9H,1-6H3. The van der Waals surface area contributed by atoms with E-state index in [1.807, 2.05) is 13.8 Å². The average Bonchev–Trinajstić information content (AvgIpc) is 2.34. The number of hydrogen-bond donors (Lipinski definition) is 0. The van der Waals surface area contributed by atoms with Gasteiger partial charge in [0.15, 0.2) is 0 Å². The lowest BCUT2D eigenvalue weighted by Crippen LogP contribution is -2.28. The molecule has 0 fully saturated rings. The largest absolute Gasteiger partial charge is 0.456 e.